The maximum atomic E-state index is 9.34. The first kappa shape index (κ1) is 12.1. The molecule has 0 aromatic heterocycles. The number of hydrogen-bond acceptors (Lipinski definition) is 3. The van der Waals surface area contributed by atoms with Crippen LogP contribution in [0.15, 0.2) is 18.2 Å². The van der Waals surface area contributed by atoms with Gasteiger partial charge in [-0.3, -0.25) is 0 Å². The van der Waals surface area contributed by atoms with E-state index in [0.29, 0.717) is 11.1 Å². The summed E-state index contributed by atoms with van der Waals surface area (Å²) in [5.41, 5.74) is 2.01. The van der Waals surface area contributed by atoms with E-state index >= 15 is 0 Å². The van der Waals surface area contributed by atoms with Crippen molar-refractivity contribution in [3.63, 3.8) is 0 Å². The third-order valence-electron chi connectivity index (χ3n) is 3.05. The van der Waals surface area contributed by atoms with E-state index in [4.69, 9.17) is 11.6 Å². The Hall–Kier alpha value is -0.380. The number of anilines is 1. The number of aliphatic hydroxyl groups is 1. The van der Waals surface area contributed by atoms with Crippen LogP contribution in [0.4, 0.5) is 5.69 Å². The molecule has 0 saturated carbocycles. The zero-order valence-electron chi connectivity index (χ0n) is 9.32. The van der Waals surface area contributed by atoms with E-state index in [1.165, 1.54) is 17.9 Å². The van der Waals surface area contributed by atoms with Gasteiger partial charge in [0.05, 0.1) is 6.61 Å². The molecule has 2 nitrogen and oxygen atoms in total. The first-order valence-corrected chi connectivity index (χ1v) is 6.95. The van der Waals surface area contributed by atoms with Crippen LogP contribution in [0.3, 0.4) is 0 Å². The molecule has 1 aliphatic heterocycles. The van der Waals surface area contributed by atoms with Gasteiger partial charge in [-0.1, -0.05) is 11.6 Å². The van der Waals surface area contributed by atoms with E-state index in [-0.39, 0.29) is 6.61 Å². The number of thioether (sulfide) groups is 1. The third kappa shape index (κ3) is 2.47. The number of rotatable bonds is 3. The highest BCUT2D eigenvalue weighted by Gasteiger charge is 2.21. The van der Waals surface area contributed by atoms with Crippen molar-refractivity contribution >= 4 is 29.1 Å². The van der Waals surface area contributed by atoms with Crippen molar-refractivity contribution in [3.05, 3.63) is 28.8 Å². The van der Waals surface area contributed by atoms with Gasteiger partial charge < -0.3 is 10.0 Å². The van der Waals surface area contributed by atoms with Crippen LogP contribution in [0, 0.1) is 0 Å². The zero-order valence-corrected chi connectivity index (χ0v) is 10.9. The van der Waals surface area contributed by atoms with Crippen molar-refractivity contribution in [1.82, 2.24) is 0 Å². The van der Waals surface area contributed by atoms with Crippen LogP contribution in [0.5, 0.6) is 0 Å². The van der Waals surface area contributed by atoms with Gasteiger partial charge in [0.2, 0.25) is 0 Å². The van der Waals surface area contributed by atoms with E-state index in [9.17, 15) is 5.11 Å². The van der Waals surface area contributed by atoms with Gasteiger partial charge in [0.15, 0.2) is 0 Å². The van der Waals surface area contributed by atoms with Gasteiger partial charge in [-0.05, 0) is 30.4 Å². The van der Waals surface area contributed by atoms with Crippen LogP contribution in [-0.2, 0) is 6.61 Å². The first-order valence-electron chi connectivity index (χ1n) is 5.42. The lowest BCUT2D eigenvalue weighted by Gasteiger charge is -2.28. The van der Waals surface area contributed by atoms with Crippen LogP contribution < -0.4 is 4.90 Å². The Morgan fingerprint density at radius 3 is 3.00 bits per heavy atom. The monoisotopic (exact) mass is 257 g/mol. The Bertz CT molecular complexity index is 366. The fourth-order valence-corrected chi connectivity index (χ4v) is 3.51. The topological polar surface area (TPSA) is 23.5 Å². The lowest BCUT2D eigenvalue weighted by Crippen LogP contribution is -2.32. The number of aliphatic hydroxyl groups excluding tert-OH is 1. The fourth-order valence-electron chi connectivity index (χ4n) is 2.05. The minimum absolute atomic E-state index is 0.0418. The summed E-state index contributed by atoms with van der Waals surface area (Å²) >= 11 is 7.92. The summed E-state index contributed by atoms with van der Waals surface area (Å²) in [7, 11) is 2.10. The summed E-state index contributed by atoms with van der Waals surface area (Å²) in [4.78, 5) is 2.27. The standard InChI is InChI=1S/C12H16ClNOS/c1-14(11-4-5-16-8-11)12-3-2-10(13)6-9(12)7-15/h2-3,6,11,15H,4-5,7-8H2,1H3. The van der Waals surface area contributed by atoms with Gasteiger partial charge in [-0.2, -0.15) is 11.8 Å². The molecule has 1 atom stereocenters. The summed E-state index contributed by atoms with van der Waals surface area (Å²) < 4.78 is 0. The van der Waals surface area contributed by atoms with Crippen molar-refractivity contribution in [1.29, 1.82) is 0 Å². The minimum atomic E-state index is 0.0418. The molecule has 88 valence electrons. The Morgan fingerprint density at radius 1 is 1.56 bits per heavy atom. The van der Waals surface area contributed by atoms with E-state index in [0.717, 1.165) is 11.3 Å². The van der Waals surface area contributed by atoms with E-state index < -0.39 is 0 Å². The quantitative estimate of drug-likeness (QED) is 0.901. The number of benzene rings is 1. The van der Waals surface area contributed by atoms with Gasteiger partial charge >= 0.3 is 0 Å². The second kappa shape index (κ2) is 5.30. The Kier molecular flexibility index (Phi) is 4.00. The summed E-state index contributed by atoms with van der Waals surface area (Å²) in [5, 5.41) is 10.0. The molecular weight excluding hydrogens is 242 g/mol. The molecule has 0 bridgehead atoms. The summed E-state index contributed by atoms with van der Waals surface area (Å²) in [5.74, 6) is 2.40. The molecule has 0 aliphatic carbocycles. The van der Waals surface area contributed by atoms with Crippen LogP contribution in [0.1, 0.15) is 12.0 Å². The number of hydrogen-bond donors (Lipinski definition) is 1. The predicted molar refractivity (Wildman–Crippen MR) is 71.5 cm³/mol. The molecule has 1 unspecified atom stereocenters. The van der Waals surface area contributed by atoms with Gasteiger partial charge in [0.25, 0.3) is 0 Å². The second-order valence-electron chi connectivity index (χ2n) is 4.06. The maximum absolute atomic E-state index is 9.34. The normalized spacial score (nSPS) is 20.1. The van der Waals surface area contributed by atoms with Gasteiger partial charge in [0, 0.05) is 35.1 Å². The fraction of sp³-hybridized carbons (Fsp3) is 0.500. The minimum Gasteiger partial charge on any atom is -0.392 e. The molecular formula is C12H16ClNOS. The molecule has 1 aromatic rings. The maximum Gasteiger partial charge on any atom is 0.0702 e. The van der Waals surface area contributed by atoms with Crippen molar-refractivity contribution < 1.29 is 5.11 Å². The molecule has 1 heterocycles. The van der Waals surface area contributed by atoms with Gasteiger partial charge in [-0.15, -0.1) is 0 Å². The Morgan fingerprint density at radius 2 is 2.38 bits per heavy atom. The summed E-state index contributed by atoms with van der Waals surface area (Å²) in [6, 6.07) is 6.30. The Balaban J connectivity index is 2.24. The summed E-state index contributed by atoms with van der Waals surface area (Å²) in [6.45, 7) is 0.0418. The average Bonchev–Trinajstić information content (AvgIpc) is 2.81. The highest BCUT2D eigenvalue weighted by atomic mass is 35.5. The highest BCUT2D eigenvalue weighted by Crippen LogP contribution is 2.29. The molecule has 1 aromatic carbocycles. The van der Waals surface area contributed by atoms with E-state index in [2.05, 4.69) is 11.9 Å². The SMILES string of the molecule is CN(c1ccc(Cl)cc1CO)C1CCSC1. The second-order valence-corrected chi connectivity index (χ2v) is 5.65. The van der Waals surface area contributed by atoms with Crippen LogP contribution in [-0.4, -0.2) is 29.7 Å². The molecule has 1 aliphatic rings. The van der Waals surface area contributed by atoms with Crippen LogP contribution in [0.2, 0.25) is 5.02 Å². The van der Waals surface area contributed by atoms with E-state index in [1.807, 2.05) is 30.0 Å². The molecule has 16 heavy (non-hydrogen) atoms. The van der Waals surface area contributed by atoms with Gasteiger partial charge in [0.1, 0.15) is 0 Å². The molecule has 2 rings (SSSR count). The largest absolute Gasteiger partial charge is 0.392 e. The Labute approximate surface area is 106 Å². The number of nitrogens with zero attached hydrogens (tertiary/aromatic N) is 1. The van der Waals surface area contributed by atoms with Crippen molar-refractivity contribution in [2.24, 2.45) is 0 Å². The molecule has 0 radical (unpaired) electrons. The molecule has 0 spiro atoms. The molecule has 0 amide bonds. The first-order chi connectivity index (χ1) is 7.72. The molecule has 1 N–H and O–H groups in total. The molecule has 4 heteroatoms. The average molecular weight is 258 g/mol. The van der Waals surface area contributed by atoms with Gasteiger partial charge in [-0.25, -0.2) is 0 Å². The van der Waals surface area contributed by atoms with Crippen molar-refractivity contribution in [2.45, 2.75) is 19.1 Å². The lowest BCUT2D eigenvalue weighted by atomic mass is 10.1. The highest BCUT2D eigenvalue weighted by molar-refractivity contribution is 7.99. The van der Waals surface area contributed by atoms with Crippen LogP contribution in [0.25, 0.3) is 0 Å². The summed E-state index contributed by atoms with van der Waals surface area (Å²) in [6.07, 6.45) is 1.22. The zero-order chi connectivity index (χ0) is 11.5. The van der Waals surface area contributed by atoms with Crippen LogP contribution >= 0.6 is 23.4 Å². The molecule has 1 fully saturated rings. The van der Waals surface area contributed by atoms with Crippen molar-refractivity contribution in [2.75, 3.05) is 23.5 Å². The van der Waals surface area contributed by atoms with E-state index in [1.54, 1.807) is 0 Å². The smallest absolute Gasteiger partial charge is 0.0702 e. The predicted octanol–water partition coefficient (Wildman–Crippen LogP) is 2.77. The third-order valence-corrected chi connectivity index (χ3v) is 4.43. The molecule has 1 saturated heterocycles. The van der Waals surface area contributed by atoms with Crippen molar-refractivity contribution in [3.8, 4) is 0 Å². The number of halogens is 1. The lowest BCUT2D eigenvalue weighted by molar-refractivity contribution is 0.282.